The van der Waals surface area contributed by atoms with Gasteiger partial charge in [-0.15, -0.1) is 0 Å². The number of nitrogens with one attached hydrogen (secondary N) is 1. The lowest BCUT2D eigenvalue weighted by molar-refractivity contribution is 0.204. The van der Waals surface area contributed by atoms with Crippen molar-refractivity contribution < 1.29 is 14.2 Å². The van der Waals surface area contributed by atoms with Crippen molar-refractivity contribution in [2.45, 2.75) is 19.8 Å². The van der Waals surface area contributed by atoms with Crippen molar-refractivity contribution >= 4 is 5.96 Å². The van der Waals surface area contributed by atoms with E-state index in [-0.39, 0.29) is 0 Å². The number of methoxy groups -OCH3 is 2. The molecule has 0 amide bonds. The number of hydrogen-bond acceptors (Lipinski definition) is 4. The first-order chi connectivity index (χ1) is 10.7. The van der Waals surface area contributed by atoms with Crippen LogP contribution in [-0.4, -0.2) is 46.5 Å². The Morgan fingerprint density at radius 3 is 2.77 bits per heavy atom. The van der Waals surface area contributed by atoms with Crippen LogP contribution in [0, 0.1) is 0 Å². The van der Waals surface area contributed by atoms with Crippen molar-refractivity contribution in [1.82, 2.24) is 5.32 Å². The Morgan fingerprint density at radius 1 is 1.27 bits per heavy atom. The van der Waals surface area contributed by atoms with E-state index in [1.54, 1.807) is 14.2 Å². The molecule has 124 valence electrons. The zero-order chi connectivity index (χ0) is 16.2. The maximum absolute atomic E-state index is 5.74. The molecule has 0 unspecified atom stereocenters. The summed E-state index contributed by atoms with van der Waals surface area (Å²) in [6.45, 7) is 4.54. The molecule has 1 aromatic carbocycles. The third kappa shape index (κ3) is 6.67. The van der Waals surface area contributed by atoms with Crippen LogP contribution < -0.4 is 20.5 Å². The van der Waals surface area contributed by atoms with Crippen molar-refractivity contribution in [2.24, 2.45) is 10.7 Å². The van der Waals surface area contributed by atoms with Gasteiger partial charge in [0.25, 0.3) is 0 Å². The standard InChI is InChI=1S/C16H27N3O3/c1-4-22-15-12-13(7-8-14(15)21-3)6-5-9-18-16(17)19-10-11-20-2/h7-8,12H,4-6,9-11H2,1-3H3,(H3,17,18,19). The number of guanidine groups is 1. The van der Waals surface area contributed by atoms with Gasteiger partial charge in [-0.25, -0.2) is 0 Å². The fourth-order valence-corrected chi connectivity index (χ4v) is 1.96. The van der Waals surface area contributed by atoms with Gasteiger partial charge in [0.05, 0.1) is 20.3 Å². The number of rotatable bonds is 10. The van der Waals surface area contributed by atoms with E-state index < -0.39 is 0 Å². The van der Waals surface area contributed by atoms with Gasteiger partial charge in [-0.1, -0.05) is 6.07 Å². The maximum atomic E-state index is 5.74. The van der Waals surface area contributed by atoms with E-state index >= 15 is 0 Å². The van der Waals surface area contributed by atoms with E-state index in [0.29, 0.717) is 32.3 Å². The van der Waals surface area contributed by atoms with Crippen LogP contribution in [0.1, 0.15) is 18.9 Å². The van der Waals surface area contributed by atoms with Gasteiger partial charge in [-0.3, -0.25) is 4.99 Å². The van der Waals surface area contributed by atoms with Crippen LogP contribution in [0.3, 0.4) is 0 Å². The van der Waals surface area contributed by atoms with Crippen LogP contribution in [0.4, 0.5) is 0 Å². The van der Waals surface area contributed by atoms with Gasteiger partial charge >= 0.3 is 0 Å². The minimum atomic E-state index is 0.460. The molecule has 22 heavy (non-hydrogen) atoms. The summed E-state index contributed by atoms with van der Waals surface area (Å²) in [5, 5.41) is 2.99. The third-order valence-electron chi connectivity index (χ3n) is 3.05. The van der Waals surface area contributed by atoms with Gasteiger partial charge in [0.15, 0.2) is 17.5 Å². The molecule has 0 heterocycles. The fourth-order valence-electron chi connectivity index (χ4n) is 1.96. The van der Waals surface area contributed by atoms with Crippen molar-refractivity contribution in [3.8, 4) is 11.5 Å². The van der Waals surface area contributed by atoms with Gasteiger partial charge in [0.1, 0.15) is 0 Å². The summed E-state index contributed by atoms with van der Waals surface area (Å²) in [5.74, 6) is 2.00. The highest BCUT2D eigenvalue weighted by Crippen LogP contribution is 2.28. The van der Waals surface area contributed by atoms with Gasteiger partial charge in [-0.2, -0.15) is 0 Å². The number of aliphatic imine (C=N–C) groups is 1. The topological polar surface area (TPSA) is 78.1 Å². The summed E-state index contributed by atoms with van der Waals surface area (Å²) < 4.78 is 15.8. The molecule has 6 nitrogen and oxygen atoms in total. The zero-order valence-corrected chi connectivity index (χ0v) is 13.7. The van der Waals surface area contributed by atoms with E-state index in [1.165, 1.54) is 5.56 Å². The quantitative estimate of drug-likeness (QED) is 0.390. The minimum Gasteiger partial charge on any atom is -0.493 e. The van der Waals surface area contributed by atoms with Crippen LogP contribution in [-0.2, 0) is 11.2 Å². The molecule has 0 saturated heterocycles. The number of nitrogens with two attached hydrogens (primary N) is 1. The fraction of sp³-hybridized carbons (Fsp3) is 0.562. The molecule has 0 aromatic heterocycles. The molecule has 0 atom stereocenters. The van der Waals surface area contributed by atoms with E-state index in [4.69, 9.17) is 19.9 Å². The maximum Gasteiger partial charge on any atom is 0.188 e. The van der Waals surface area contributed by atoms with Crippen LogP contribution in [0.5, 0.6) is 11.5 Å². The van der Waals surface area contributed by atoms with Crippen LogP contribution in [0.25, 0.3) is 0 Å². The molecule has 0 fully saturated rings. The first-order valence-electron chi connectivity index (χ1n) is 7.53. The molecule has 1 rings (SSSR count). The normalized spacial score (nSPS) is 11.3. The van der Waals surface area contributed by atoms with Crippen molar-refractivity contribution in [2.75, 3.05) is 40.5 Å². The summed E-state index contributed by atoms with van der Waals surface area (Å²) in [7, 11) is 3.30. The van der Waals surface area contributed by atoms with Gasteiger partial charge < -0.3 is 25.3 Å². The van der Waals surface area contributed by atoms with Crippen LogP contribution >= 0.6 is 0 Å². The van der Waals surface area contributed by atoms with Crippen molar-refractivity contribution in [3.63, 3.8) is 0 Å². The SMILES string of the molecule is CCOc1cc(CCCN=C(N)NCCOC)ccc1OC. The van der Waals surface area contributed by atoms with Crippen LogP contribution in [0.2, 0.25) is 0 Å². The molecule has 0 aliphatic rings. The average molecular weight is 309 g/mol. The lowest BCUT2D eigenvalue weighted by Gasteiger charge is -2.11. The third-order valence-corrected chi connectivity index (χ3v) is 3.05. The average Bonchev–Trinajstić information content (AvgIpc) is 2.52. The molecule has 6 heteroatoms. The molecule has 0 saturated carbocycles. The summed E-state index contributed by atoms with van der Waals surface area (Å²) in [6, 6.07) is 6.00. The van der Waals surface area contributed by atoms with Gasteiger partial charge in [0, 0.05) is 20.2 Å². The summed E-state index contributed by atoms with van der Waals surface area (Å²) in [5.41, 5.74) is 6.94. The largest absolute Gasteiger partial charge is 0.493 e. The lowest BCUT2D eigenvalue weighted by Crippen LogP contribution is -2.34. The predicted molar refractivity (Wildman–Crippen MR) is 88.9 cm³/mol. The van der Waals surface area contributed by atoms with E-state index in [2.05, 4.69) is 10.3 Å². The molecular formula is C16H27N3O3. The Kier molecular flexibility index (Phi) is 8.83. The monoisotopic (exact) mass is 309 g/mol. The Hall–Kier alpha value is -1.95. The molecular weight excluding hydrogens is 282 g/mol. The molecule has 3 N–H and O–H groups in total. The zero-order valence-electron chi connectivity index (χ0n) is 13.7. The predicted octanol–water partition coefficient (Wildman–Crippen LogP) is 1.58. The molecule has 1 aromatic rings. The number of hydrogen-bond donors (Lipinski definition) is 2. The number of ether oxygens (including phenoxy) is 3. The number of benzene rings is 1. The van der Waals surface area contributed by atoms with Gasteiger partial charge in [0.2, 0.25) is 0 Å². The highest BCUT2D eigenvalue weighted by molar-refractivity contribution is 5.77. The number of nitrogens with zero attached hydrogens (tertiary/aromatic N) is 1. The second-order valence-corrected chi connectivity index (χ2v) is 4.71. The molecule has 0 aliphatic carbocycles. The molecule has 0 radical (unpaired) electrons. The second-order valence-electron chi connectivity index (χ2n) is 4.71. The Balaban J connectivity index is 2.41. The van der Waals surface area contributed by atoms with E-state index in [9.17, 15) is 0 Å². The van der Waals surface area contributed by atoms with E-state index in [1.807, 2.05) is 25.1 Å². The smallest absolute Gasteiger partial charge is 0.188 e. The summed E-state index contributed by atoms with van der Waals surface area (Å²) in [6.07, 6.45) is 1.84. The highest BCUT2D eigenvalue weighted by Gasteiger charge is 2.05. The molecule has 0 aliphatic heterocycles. The summed E-state index contributed by atoms with van der Waals surface area (Å²) >= 11 is 0. The number of aryl methyl sites for hydroxylation is 1. The molecule has 0 spiro atoms. The van der Waals surface area contributed by atoms with Crippen LogP contribution in [0.15, 0.2) is 23.2 Å². The highest BCUT2D eigenvalue weighted by atomic mass is 16.5. The van der Waals surface area contributed by atoms with Crippen molar-refractivity contribution in [1.29, 1.82) is 0 Å². The summed E-state index contributed by atoms with van der Waals surface area (Å²) in [4.78, 5) is 4.28. The van der Waals surface area contributed by atoms with E-state index in [0.717, 1.165) is 24.3 Å². The molecule has 0 bridgehead atoms. The van der Waals surface area contributed by atoms with Crippen molar-refractivity contribution in [3.05, 3.63) is 23.8 Å². The first-order valence-corrected chi connectivity index (χ1v) is 7.53. The first kappa shape index (κ1) is 18.1. The Morgan fingerprint density at radius 2 is 2.09 bits per heavy atom. The lowest BCUT2D eigenvalue weighted by atomic mass is 10.1. The minimum absolute atomic E-state index is 0.460. The Labute approximate surface area is 132 Å². The van der Waals surface area contributed by atoms with Gasteiger partial charge in [-0.05, 0) is 37.5 Å². The Bertz CT molecular complexity index is 464. The second kappa shape index (κ2) is 10.7.